The van der Waals surface area contributed by atoms with Crippen molar-refractivity contribution >= 4 is 11.6 Å². The number of alkyl halides is 2. The molecule has 0 amide bonds. The molecule has 2 aliphatic rings. The highest BCUT2D eigenvalue weighted by Gasteiger charge is 2.26. The number of hydrogen-bond donors (Lipinski definition) is 2. The first-order valence-electron chi connectivity index (χ1n) is 10.5. The molecule has 162 valence electrons. The van der Waals surface area contributed by atoms with Crippen molar-refractivity contribution in [3.05, 3.63) is 24.3 Å². The SMILES string of the molecule is CN=C(NCC(C)CN1CCCC1)NC1CCN(c2ccccc2OC(F)F)C1. The van der Waals surface area contributed by atoms with Gasteiger partial charge in [-0.05, 0) is 50.4 Å². The fourth-order valence-corrected chi connectivity index (χ4v) is 4.14. The molecule has 8 heteroatoms. The van der Waals surface area contributed by atoms with Crippen LogP contribution in [0.5, 0.6) is 5.75 Å². The first-order chi connectivity index (χ1) is 14.0. The van der Waals surface area contributed by atoms with E-state index in [9.17, 15) is 8.78 Å². The summed E-state index contributed by atoms with van der Waals surface area (Å²) in [7, 11) is 1.78. The molecule has 2 saturated heterocycles. The maximum Gasteiger partial charge on any atom is 0.387 e. The maximum atomic E-state index is 12.7. The third-order valence-electron chi connectivity index (χ3n) is 5.56. The van der Waals surface area contributed by atoms with Crippen LogP contribution in [0.4, 0.5) is 14.5 Å². The zero-order valence-electron chi connectivity index (χ0n) is 17.4. The van der Waals surface area contributed by atoms with Crippen LogP contribution in [0.3, 0.4) is 0 Å². The number of nitrogens with one attached hydrogen (secondary N) is 2. The highest BCUT2D eigenvalue weighted by atomic mass is 19.3. The standard InChI is InChI=1S/C21H33F2N5O/c1-16(14-27-10-5-6-11-27)13-25-21(24-2)26-17-9-12-28(15-17)18-7-3-4-8-19(18)29-20(22)23/h3-4,7-8,16-17,20H,5-6,9-15H2,1-2H3,(H2,24,25,26). The summed E-state index contributed by atoms with van der Waals surface area (Å²) in [6.45, 7) is 5.35. The number of guanidine groups is 1. The normalized spacial score (nSPS) is 21.6. The van der Waals surface area contributed by atoms with Crippen molar-refractivity contribution in [2.24, 2.45) is 10.9 Å². The Morgan fingerprint density at radius 1 is 1.24 bits per heavy atom. The highest BCUT2D eigenvalue weighted by molar-refractivity contribution is 5.80. The minimum atomic E-state index is -2.82. The molecule has 1 aromatic carbocycles. The molecule has 6 nitrogen and oxygen atoms in total. The fraction of sp³-hybridized carbons (Fsp3) is 0.667. The molecule has 2 N–H and O–H groups in total. The second-order valence-electron chi connectivity index (χ2n) is 7.99. The fourth-order valence-electron chi connectivity index (χ4n) is 4.14. The summed E-state index contributed by atoms with van der Waals surface area (Å²) >= 11 is 0. The number of anilines is 1. The van der Waals surface area contributed by atoms with Gasteiger partial charge in [-0.2, -0.15) is 8.78 Å². The summed E-state index contributed by atoms with van der Waals surface area (Å²) in [6.07, 6.45) is 3.53. The topological polar surface area (TPSA) is 52.1 Å². The maximum absolute atomic E-state index is 12.7. The van der Waals surface area contributed by atoms with Gasteiger partial charge >= 0.3 is 6.61 Å². The van der Waals surface area contributed by atoms with Gasteiger partial charge in [0, 0.05) is 39.3 Å². The number of aliphatic imine (C=N–C) groups is 1. The number of benzene rings is 1. The first-order valence-corrected chi connectivity index (χ1v) is 10.5. The largest absolute Gasteiger partial charge is 0.433 e. The minimum absolute atomic E-state index is 0.203. The van der Waals surface area contributed by atoms with Crippen molar-refractivity contribution in [1.29, 1.82) is 0 Å². The molecule has 2 atom stereocenters. The van der Waals surface area contributed by atoms with E-state index in [2.05, 4.69) is 37.1 Å². The number of nitrogens with zero attached hydrogens (tertiary/aromatic N) is 3. The summed E-state index contributed by atoms with van der Waals surface area (Å²) < 4.78 is 30.0. The van der Waals surface area contributed by atoms with E-state index in [1.165, 1.54) is 25.9 Å². The van der Waals surface area contributed by atoms with Gasteiger partial charge in [-0.15, -0.1) is 0 Å². The molecule has 0 saturated carbocycles. The molecule has 0 spiro atoms. The Hall–Kier alpha value is -2.09. The second kappa shape index (κ2) is 10.6. The molecule has 2 fully saturated rings. The Bertz CT molecular complexity index is 666. The molecule has 3 rings (SSSR count). The number of halogens is 2. The molecular weight excluding hydrogens is 376 g/mol. The summed E-state index contributed by atoms with van der Waals surface area (Å²) in [4.78, 5) is 8.95. The Labute approximate surface area is 172 Å². The zero-order valence-corrected chi connectivity index (χ0v) is 17.4. The average molecular weight is 410 g/mol. The Kier molecular flexibility index (Phi) is 7.91. The molecule has 0 aliphatic carbocycles. The first kappa shape index (κ1) is 21.6. The van der Waals surface area contributed by atoms with Crippen molar-refractivity contribution in [1.82, 2.24) is 15.5 Å². The van der Waals surface area contributed by atoms with E-state index in [1.54, 1.807) is 19.2 Å². The molecule has 0 bridgehead atoms. The lowest BCUT2D eigenvalue weighted by atomic mass is 10.1. The number of rotatable bonds is 8. The van der Waals surface area contributed by atoms with E-state index < -0.39 is 6.61 Å². The second-order valence-corrected chi connectivity index (χ2v) is 7.99. The van der Waals surface area contributed by atoms with E-state index in [0.29, 0.717) is 18.2 Å². The van der Waals surface area contributed by atoms with Crippen molar-refractivity contribution in [3.63, 3.8) is 0 Å². The molecule has 1 aromatic rings. The summed E-state index contributed by atoms with van der Waals surface area (Å²) in [6, 6.07) is 7.17. The van der Waals surface area contributed by atoms with Gasteiger partial charge in [0.15, 0.2) is 5.96 Å². The molecular formula is C21H33F2N5O. The van der Waals surface area contributed by atoms with Crippen molar-refractivity contribution in [2.45, 2.75) is 38.8 Å². The van der Waals surface area contributed by atoms with Crippen LogP contribution in [-0.4, -0.2) is 69.8 Å². The van der Waals surface area contributed by atoms with E-state index in [4.69, 9.17) is 0 Å². The van der Waals surface area contributed by atoms with Crippen LogP contribution in [0.1, 0.15) is 26.2 Å². The van der Waals surface area contributed by atoms with Gasteiger partial charge in [-0.3, -0.25) is 4.99 Å². The number of likely N-dealkylation sites (tertiary alicyclic amines) is 1. The van der Waals surface area contributed by atoms with Gasteiger partial charge < -0.3 is 25.2 Å². The van der Waals surface area contributed by atoms with Gasteiger partial charge in [0.1, 0.15) is 5.75 Å². The monoisotopic (exact) mass is 409 g/mol. The lowest BCUT2D eigenvalue weighted by Gasteiger charge is -2.24. The van der Waals surface area contributed by atoms with E-state index >= 15 is 0 Å². The van der Waals surface area contributed by atoms with Crippen LogP contribution >= 0.6 is 0 Å². The van der Waals surface area contributed by atoms with Gasteiger partial charge in [-0.1, -0.05) is 19.1 Å². The third kappa shape index (κ3) is 6.45. The Morgan fingerprint density at radius 2 is 2.00 bits per heavy atom. The summed E-state index contributed by atoms with van der Waals surface area (Å²) in [5, 5.41) is 6.90. The van der Waals surface area contributed by atoms with Gasteiger partial charge in [0.25, 0.3) is 0 Å². The average Bonchev–Trinajstić information content (AvgIpc) is 3.37. The van der Waals surface area contributed by atoms with Crippen LogP contribution in [0.15, 0.2) is 29.3 Å². The summed E-state index contributed by atoms with van der Waals surface area (Å²) in [5.74, 6) is 1.56. The predicted molar refractivity (Wildman–Crippen MR) is 113 cm³/mol. The molecule has 0 aromatic heterocycles. The van der Waals surface area contributed by atoms with Gasteiger partial charge in [0.05, 0.1) is 5.69 Å². The minimum Gasteiger partial charge on any atom is -0.433 e. The number of ether oxygens (including phenoxy) is 1. The molecule has 2 unspecified atom stereocenters. The number of hydrogen-bond acceptors (Lipinski definition) is 4. The van der Waals surface area contributed by atoms with Crippen LogP contribution in [-0.2, 0) is 0 Å². The lowest BCUT2D eigenvalue weighted by molar-refractivity contribution is -0.0495. The Balaban J connectivity index is 1.47. The third-order valence-corrected chi connectivity index (χ3v) is 5.56. The van der Waals surface area contributed by atoms with Crippen molar-refractivity contribution < 1.29 is 13.5 Å². The van der Waals surface area contributed by atoms with E-state index in [-0.39, 0.29) is 11.8 Å². The smallest absolute Gasteiger partial charge is 0.387 e. The predicted octanol–water partition coefficient (Wildman–Crippen LogP) is 2.76. The van der Waals surface area contributed by atoms with E-state index in [0.717, 1.165) is 32.0 Å². The van der Waals surface area contributed by atoms with Crippen LogP contribution in [0.2, 0.25) is 0 Å². The van der Waals surface area contributed by atoms with Gasteiger partial charge in [-0.25, -0.2) is 0 Å². The summed E-state index contributed by atoms with van der Waals surface area (Å²) in [5.41, 5.74) is 0.708. The molecule has 2 aliphatic heterocycles. The zero-order chi connectivity index (χ0) is 20.6. The molecule has 29 heavy (non-hydrogen) atoms. The van der Waals surface area contributed by atoms with Crippen molar-refractivity contribution in [2.75, 3.05) is 51.2 Å². The Morgan fingerprint density at radius 3 is 2.72 bits per heavy atom. The highest BCUT2D eigenvalue weighted by Crippen LogP contribution is 2.31. The quantitative estimate of drug-likeness (QED) is 0.511. The molecule has 2 heterocycles. The van der Waals surface area contributed by atoms with Crippen molar-refractivity contribution in [3.8, 4) is 5.75 Å². The van der Waals surface area contributed by atoms with Crippen LogP contribution in [0, 0.1) is 5.92 Å². The van der Waals surface area contributed by atoms with Gasteiger partial charge in [0.2, 0.25) is 0 Å². The lowest BCUT2D eigenvalue weighted by Crippen LogP contribution is -2.46. The van der Waals surface area contributed by atoms with E-state index in [1.807, 2.05) is 12.1 Å². The number of para-hydroxylation sites is 2. The van der Waals surface area contributed by atoms with Crippen LogP contribution < -0.4 is 20.3 Å². The van der Waals surface area contributed by atoms with Crippen LogP contribution in [0.25, 0.3) is 0 Å². The molecule has 0 radical (unpaired) electrons.